The molecule has 1 aromatic rings. The summed E-state index contributed by atoms with van der Waals surface area (Å²) in [4.78, 5) is 3.75. The van der Waals surface area contributed by atoms with Crippen LogP contribution in [0.3, 0.4) is 0 Å². The van der Waals surface area contributed by atoms with Gasteiger partial charge in [0.15, 0.2) is 0 Å². The first kappa shape index (κ1) is 12.7. The second-order valence-electron chi connectivity index (χ2n) is 3.99. The Morgan fingerprint density at radius 1 is 1.50 bits per heavy atom. The molecule has 80 valence electrons. The molecular formula is C10H15Br2NS. The second-order valence-corrected chi connectivity index (χ2v) is 6.41. The van der Waals surface area contributed by atoms with Gasteiger partial charge < -0.3 is 0 Å². The fourth-order valence-electron chi connectivity index (χ4n) is 0.969. The van der Waals surface area contributed by atoms with Gasteiger partial charge in [0.2, 0.25) is 0 Å². The van der Waals surface area contributed by atoms with Gasteiger partial charge in [-0.2, -0.15) is 0 Å². The van der Waals surface area contributed by atoms with Gasteiger partial charge in [-0.05, 0) is 48.3 Å². The third-order valence-electron chi connectivity index (χ3n) is 2.43. The first-order chi connectivity index (χ1) is 6.47. The zero-order valence-corrected chi connectivity index (χ0v) is 12.7. The Hall–Kier alpha value is 0.620. The highest BCUT2D eigenvalue weighted by Gasteiger charge is 2.22. The van der Waals surface area contributed by atoms with Crippen LogP contribution >= 0.6 is 43.2 Å². The molecule has 4 heteroatoms. The lowest BCUT2D eigenvalue weighted by molar-refractivity contribution is 0.174. The summed E-state index contributed by atoms with van der Waals surface area (Å²) in [7, 11) is 2.16. The van der Waals surface area contributed by atoms with Gasteiger partial charge >= 0.3 is 0 Å². The molecule has 0 aliphatic rings. The number of thiophene rings is 1. The summed E-state index contributed by atoms with van der Waals surface area (Å²) in [5.41, 5.74) is 0.198. The predicted octanol–water partition coefficient (Wildman–Crippen LogP) is 4.12. The maximum absolute atomic E-state index is 3.56. The number of halogens is 2. The van der Waals surface area contributed by atoms with E-state index < -0.39 is 0 Å². The molecule has 0 unspecified atom stereocenters. The molecule has 0 radical (unpaired) electrons. The lowest BCUT2D eigenvalue weighted by atomic mass is 10.1. The third kappa shape index (κ3) is 3.05. The molecule has 14 heavy (non-hydrogen) atoms. The van der Waals surface area contributed by atoms with Crippen LogP contribution in [0.1, 0.15) is 18.7 Å². The summed E-state index contributed by atoms with van der Waals surface area (Å²) >= 11 is 8.90. The van der Waals surface area contributed by atoms with Crippen LogP contribution in [0.4, 0.5) is 0 Å². The maximum Gasteiger partial charge on any atom is 0.0341 e. The van der Waals surface area contributed by atoms with E-state index in [-0.39, 0.29) is 5.54 Å². The monoisotopic (exact) mass is 339 g/mol. The number of nitrogens with zero attached hydrogens (tertiary/aromatic N) is 1. The van der Waals surface area contributed by atoms with E-state index in [1.165, 1.54) is 9.35 Å². The van der Waals surface area contributed by atoms with E-state index in [9.17, 15) is 0 Å². The maximum atomic E-state index is 3.56. The quantitative estimate of drug-likeness (QED) is 0.745. The van der Waals surface area contributed by atoms with E-state index in [1.807, 2.05) is 0 Å². The van der Waals surface area contributed by atoms with Crippen molar-refractivity contribution in [2.45, 2.75) is 25.9 Å². The van der Waals surface area contributed by atoms with Crippen molar-refractivity contribution in [3.05, 3.63) is 20.8 Å². The van der Waals surface area contributed by atoms with Gasteiger partial charge in [-0.15, -0.1) is 11.3 Å². The molecule has 0 N–H and O–H groups in total. The molecule has 0 spiro atoms. The molecular weight excluding hydrogens is 326 g/mol. The molecule has 1 rings (SSSR count). The minimum absolute atomic E-state index is 0.198. The summed E-state index contributed by atoms with van der Waals surface area (Å²) in [5.74, 6) is 0. The van der Waals surface area contributed by atoms with E-state index in [4.69, 9.17) is 0 Å². The minimum Gasteiger partial charge on any atom is -0.295 e. The van der Waals surface area contributed by atoms with Gasteiger partial charge in [0.05, 0.1) is 0 Å². The summed E-state index contributed by atoms with van der Waals surface area (Å²) < 4.78 is 1.22. The smallest absolute Gasteiger partial charge is 0.0341 e. The Morgan fingerprint density at radius 2 is 2.14 bits per heavy atom. The van der Waals surface area contributed by atoms with E-state index in [0.29, 0.717) is 0 Å². The normalized spacial score (nSPS) is 12.4. The lowest BCUT2D eigenvalue weighted by Gasteiger charge is -2.33. The van der Waals surface area contributed by atoms with E-state index in [1.54, 1.807) is 11.3 Å². The minimum atomic E-state index is 0.198. The van der Waals surface area contributed by atoms with Crippen molar-refractivity contribution in [1.82, 2.24) is 4.90 Å². The van der Waals surface area contributed by atoms with Crippen LogP contribution in [0.15, 0.2) is 15.9 Å². The van der Waals surface area contributed by atoms with Crippen LogP contribution in [-0.2, 0) is 6.54 Å². The van der Waals surface area contributed by atoms with Crippen molar-refractivity contribution < 1.29 is 0 Å². The number of hydrogen-bond acceptors (Lipinski definition) is 2. The van der Waals surface area contributed by atoms with Crippen molar-refractivity contribution in [3.63, 3.8) is 0 Å². The van der Waals surface area contributed by atoms with E-state index in [2.05, 4.69) is 69.1 Å². The van der Waals surface area contributed by atoms with Crippen molar-refractivity contribution >= 4 is 43.2 Å². The fourth-order valence-corrected chi connectivity index (χ4v) is 2.93. The molecule has 1 aromatic heterocycles. The highest BCUT2D eigenvalue weighted by molar-refractivity contribution is 9.10. The molecule has 1 nitrogen and oxygen atoms in total. The first-order valence-electron chi connectivity index (χ1n) is 4.46. The number of rotatable bonds is 4. The van der Waals surface area contributed by atoms with E-state index in [0.717, 1.165) is 11.9 Å². The molecule has 0 aliphatic carbocycles. The average Bonchev–Trinajstić information content (AvgIpc) is 2.52. The molecule has 0 atom stereocenters. The Morgan fingerprint density at radius 3 is 2.57 bits per heavy atom. The molecule has 0 saturated heterocycles. The Balaban J connectivity index is 2.66. The highest BCUT2D eigenvalue weighted by atomic mass is 79.9. The molecule has 0 aliphatic heterocycles. The zero-order chi connectivity index (χ0) is 10.8. The van der Waals surface area contributed by atoms with Crippen LogP contribution in [0.5, 0.6) is 0 Å². The average molecular weight is 341 g/mol. The Kier molecular flexibility index (Phi) is 4.62. The lowest BCUT2D eigenvalue weighted by Crippen LogP contribution is -2.41. The van der Waals surface area contributed by atoms with Crippen LogP contribution in [-0.4, -0.2) is 22.8 Å². The van der Waals surface area contributed by atoms with Crippen molar-refractivity contribution in [2.75, 3.05) is 12.4 Å². The first-order valence-corrected chi connectivity index (χ1v) is 7.26. The molecule has 0 fully saturated rings. The van der Waals surface area contributed by atoms with Crippen LogP contribution in [0.25, 0.3) is 0 Å². The SMILES string of the molecule is CN(Cc1sccc1Br)C(C)(C)CBr. The molecule has 0 bridgehead atoms. The van der Waals surface area contributed by atoms with Crippen LogP contribution < -0.4 is 0 Å². The van der Waals surface area contributed by atoms with Crippen molar-refractivity contribution in [2.24, 2.45) is 0 Å². The summed E-state index contributed by atoms with van der Waals surface area (Å²) in [6.45, 7) is 5.48. The summed E-state index contributed by atoms with van der Waals surface area (Å²) in [6.07, 6.45) is 0. The van der Waals surface area contributed by atoms with Crippen LogP contribution in [0.2, 0.25) is 0 Å². The molecule has 0 amide bonds. The Bertz CT molecular complexity index is 296. The van der Waals surface area contributed by atoms with Gasteiger partial charge in [-0.25, -0.2) is 0 Å². The fraction of sp³-hybridized carbons (Fsp3) is 0.600. The standard InChI is InChI=1S/C10H15Br2NS/c1-10(2,7-11)13(3)6-9-8(12)4-5-14-9/h4-5H,6-7H2,1-3H3. The highest BCUT2D eigenvalue weighted by Crippen LogP contribution is 2.26. The van der Waals surface area contributed by atoms with Gasteiger partial charge in [0.25, 0.3) is 0 Å². The molecule has 1 heterocycles. The molecule has 0 aromatic carbocycles. The van der Waals surface area contributed by atoms with Gasteiger partial charge in [-0.1, -0.05) is 15.9 Å². The van der Waals surface area contributed by atoms with Gasteiger partial charge in [0.1, 0.15) is 0 Å². The van der Waals surface area contributed by atoms with Crippen molar-refractivity contribution in [1.29, 1.82) is 0 Å². The number of alkyl halides is 1. The number of hydrogen-bond donors (Lipinski definition) is 0. The zero-order valence-electron chi connectivity index (χ0n) is 8.68. The largest absolute Gasteiger partial charge is 0.295 e. The summed E-state index contributed by atoms with van der Waals surface area (Å²) in [6, 6.07) is 2.11. The summed E-state index contributed by atoms with van der Waals surface area (Å²) in [5, 5.41) is 3.11. The topological polar surface area (TPSA) is 3.24 Å². The van der Waals surface area contributed by atoms with Gasteiger partial charge in [0, 0.05) is 26.8 Å². The Labute approximate surface area is 107 Å². The predicted molar refractivity (Wildman–Crippen MR) is 71.4 cm³/mol. The van der Waals surface area contributed by atoms with Crippen LogP contribution in [0, 0.1) is 0 Å². The van der Waals surface area contributed by atoms with Gasteiger partial charge in [-0.3, -0.25) is 4.90 Å². The molecule has 0 saturated carbocycles. The third-order valence-corrected chi connectivity index (χ3v) is 5.72. The van der Waals surface area contributed by atoms with Crippen molar-refractivity contribution in [3.8, 4) is 0 Å². The van der Waals surface area contributed by atoms with E-state index >= 15 is 0 Å². The second kappa shape index (κ2) is 5.10.